The van der Waals surface area contributed by atoms with Crippen molar-refractivity contribution in [1.82, 2.24) is 4.90 Å². The average molecular weight is 335 g/mol. The molecule has 1 amide bonds. The van der Waals surface area contributed by atoms with Gasteiger partial charge >= 0.3 is 0 Å². The molecule has 3 atom stereocenters. The Morgan fingerprint density at radius 2 is 2.00 bits per heavy atom. The molecule has 1 saturated heterocycles. The molecular weight excluding hydrogens is 309 g/mol. The molecule has 1 saturated carbocycles. The van der Waals surface area contributed by atoms with Gasteiger partial charge in [0.15, 0.2) is 0 Å². The van der Waals surface area contributed by atoms with Crippen LogP contribution in [0.2, 0.25) is 0 Å². The predicted molar refractivity (Wildman–Crippen MR) is 94.0 cm³/mol. The van der Waals surface area contributed by atoms with E-state index >= 15 is 0 Å². The number of carbonyl (C=O) groups is 1. The third-order valence-electron chi connectivity index (χ3n) is 5.36. The molecule has 23 heavy (non-hydrogen) atoms. The van der Waals surface area contributed by atoms with Crippen molar-refractivity contribution in [1.29, 1.82) is 0 Å². The number of halogens is 1. The normalized spacial score (nSPS) is 25.7. The summed E-state index contributed by atoms with van der Waals surface area (Å²) in [7, 11) is 0. The van der Waals surface area contributed by atoms with Crippen molar-refractivity contribution in [3.63, 3.8) is 0 Å². The maximum absolute atomic E-state index is 13.8. The van der Waals surface area contributed by atoms with Crippen molar-refractivity contribution >= 4 is 17.7 Å². The highest BCUT2D eigenvalue weighted by atomic mass is 32.2. The molecule has 3 unspecified atom stereocenters. The van der Waals surface area contributed by atoms with Gasteiger partial charge < -0.3 is 4.90 Å². The molecule has 0 bridgehead atoms. The molecule has 2 nitrogen and oxygen atoms in total. The SMILES string of the molecule is CC(SCC(=O)N1CCCC2CCCCC21)c1ccccc1F. The van der Waals surface area contributed by atoms with Crippen LogP contribution in [0.1, 0.15) is 56.3 Å². The molecule has 0 N–H and O–H groups in total. The summed E-state index contributed by atoms with van der Waals surface area (Å²) in [4.78, 5) is 14.8. The zero-order valence-electron chi connectivity index (χ0n) is 13.8. The lowest BCUT2D eigenvalue weighted by Crippen LogP contribution is -2.50. The van der Waals surface area contributed by atoms with E-state index in [1.165, 1.54) is 38.2 Å². The first-order valence-electron chi connectivity index (χ1n) is 8.82. The van der Waals surface area contributed by atoms with E-state index in [4.69, 9.17) is 0 Å². The Bertz CT molecular complexity index is 548. The molecule has 1 aliphatic carbocycles. The lowest BCUT2D eigenvalue weighted by molar-refractivity contribution is -0.134. The first-order valence-corrected chi connectivity index (χ1v) is 9.87. The van der Waals surface area contributed by atoms with Crippen molar-refractivity contribution in [2.45, 2.75) is 56.7 Å². The Kier molecular flexibility index (Phi) is 5.62. The van der Waals surface area contributed by atoms with E-state index in [1.807, 2.05) is 19.1 Å². The maximum atomic E-state index is 13.8. The Labute approximate surface area is 142 Å². The number of thioether (sulfide) groups is 1. The molecule has 0 aromatic heterocycles. The van der Waals surface area contributed by atoms with E-state index in [2.05, 4.69) is 4.90 Å². The van der Waals surface area contributed by atoms with Gasteiger partial charge in [0.2, 0.25) is 5.91 Å². The summed E-state index contributed by atoms with van der Waals surface area (Å²) in [5.74, 6) is 1.24. The van der Waals surface area contributed by atoms with E-state index < -0.39 is 0 Å². The Hall–Kier alpha value is -1.03. The summed E-state index contributed by atoms with van der Waals surface area (Å²) >= 11 is 1.55. The minimum Gasteiger partial charge on any atom is -0.339 e. The summed E-state index contributed by atoms with van der Waals surface area (Å²) in [5.41, 5.74) is 0.694. The van der Waals surface area contributed by atoms with Crippen molar-refractivity contribution in [2.75, 3.05) is 12.3 Å². The highest BCUT2D eigenvalue weighted by Crippen LogP contribution is 2.36. The topological polar surface area (TPSA) is 20.3 Å². The monoisotopic (exact) mass is 335 g/mol. The highest BCUT2D eigenvalue weighted by molar-refractivity contribution is 8.00. The van der Waals surface area contributed by atoms with Crippen molar-refractivity contribution in [3.05, 3.63) is 35.6 Å². The number of amides is 1. The quantitative estimate of drug-likeness (QED) is 0.787. The van der Waals surface area contributed by atoms with Crippen LogP contribution < -0.4 is 0 Å². The summed E-state index contributed by atoms with van der Waals surface area (Å²) in [6.45, 7) is 2.89. The van der Waals surface area contributed by atoms with Crippen LogP contribution >= 0.6 is 11.8 Å². The van der Waals surface area contributed by atoms with Gasteiger partial charge in [-0.2, -0.15) is 0 Å². The fourth-order valence-electron chi connectivity index (χ4n) is 4.11. The molecule has 4 heteroatoms. The van der Waals surface area contributed by atoms with Crippen molar-refractivity contribution in [2.24, 2.45) is 5.92 Å². The number of carbonyl (C=O) groups excluding carboxylic acids is 1. The fourth-order valence-corrected chi connectivity index (χ4v) is 5.04. The summed E-state index contributed by atoms with van der Waals surface area (Å²) in [6, 6.07) is 7.34. The smallest absolute Gasteiger partial charge is 0.232 e. The predicted octanol–water partition coefficient (Wildman–Crippen LogP) is 4.80. The number of piperidine rings is 1. The van der Waals surface area contributed by atoms with Gasteiger partial charge in [-0.1, -0.05) is 31.0 Å². The molecule has 1 aliphatic heterocycles. The minimum absolute atomic E-state index is 0.00657. The molecular formula is C19H26FNOS. The van der Waals surface area contributed by atoms with Crippen LogP contribution in [0.3, 0.4) is 0 Å². The number of nitrogens with zero attached hydrogens (tertiary/aromatic N) is 1. The summed E-state index contributed by atoms with van der Waals surface area (Å²) in [5, 5.41) is 0.00657. The van der Waals surface area contributed by atoms with E-state index in [0.29, 0.717) is 17.4 Å². The van der Waals surface area contributed by atoms with Gasteiger partial charge in [-0.25, -0.2) is 4.39 Å². The molecule has 0 radical (unpaired) electrons. The Balaban J connectivity index is 1.57. The van der Waals surface area contributed by atoms with E-state index in [9.17, 15) is 9.18 Å². The van der Waals surface area contributed by atoms with Crippen LogP contribution in [0.4, 0.5) is 4.39 Å². The van der Waals surface area contributed by atoms with Gasteiger partial charge in [-0.15, -0.1) is 11.8 Å². The van der Waals surface area contributed by atoms with Crippen molar-refractivity contribution in [3.8, 4) is 0 Å². The number of likely N-dealkylation sites (tertiary alicyclic amines) is 1. The number of fused-ring (bicyclic) bond motifs is 1. The van der Waals surface area contributed by atoms with Crippen LogP contribution in [0, 0.1) is 11.7 Å². The molecule has 2 aliphatic rings. The molecule has 3 rings (SSSR count). The second-order valence-corrected chi connectivity index (χ2v) is 8.15. The third-order valence-corrected chi connectivity index (χ3v) is 6.53. The number of rotatable bonds is 4. The molecule has 1 aromatic rings. The lowest BCUT2D eigenvalue weighted by atomic mass is 9.78. The van der Waals surface area contributed by atoms with Crippen LogP contribution in [-0.2, 0) is 4.79 Å². The van der Waals surface area contributed by atoms with Crippen LogP contribution in [0.5, 0.6) is 0 Å². The standard InChI is InChI=1S/C19H26FNOS/c1-14(16-9-3-4-10-17(16)20)23-13-19(22)21-12-6-8-15-7-2-5-11-18(15)21/h3-4,9-10,14-15,18H,2,5-8,11-13H2,1H3. The number of hydrogen-bond acceptors (Lipinski definition) is 2. The fraction of sp³-hybridized carbons (Fsp3) is 0.632. The molecule has 0 spiro atoms. The molecule has 126 valence electrons. The van der Waals surface area contributed by atoms with Gasteiger partial charge in [0.05, 0.1) is 5.75 Å². The van der Waals surface area contributed by atoms with E-state index in [-0.39, 0.29) is 17.0 Å². The van der Waals surface area contributed by atoms with Crippen LogP contribution in [-0.4, -0.2) is 29.1 Å². The van der Waals surface area contributed by atoms with E-state index in [0.717, 1.165) is 18.9 Å². The maximum Gasteiger partial charge on any atom is 0.232 e. The summed E-state index contributed by atoms with van der Waals surface area (Å²) < 4.78 is 13.8. The van der Waals surface area contributed by atoms with Gasteiger partial charge in [0.1, 0.15) is 5.82 Å². The van der Waals surface area contributed by atoms with Gasteiger partial charge in [0.25, 0.3) is 0 Å². The Morgan fingerprint density at radius 3 is 2.83 bits per heavy atom. The van der Waals surface area contributed by atoms with Crippen LogP contribution in [0.15, 0.2) is 24.3 Å². The second-order valence-electron chi connectivity index (χ2n) is 6.82. The number of benzene rings is 1. The number of hydrogen-bond donors (Lipinski definition) is 0. The van der Waals surface area contributed by atoms with Gasteiger partial charge in [-0.3, -0.25) is 4.79 Å². The highest BCUT2D eigenvalue weighted by Gasteiger charge is 2.35. The second kappa shape index (κ2) is 7.69. The molecule has 1 heterocycles. The molecule has 1 aromatic carbocycles. The lowest BCUT2D eigenvalue weighted by Gasteiger charge is -2.44. The summed E-state index contributed by atoms with van der Waals surface area (Å²) in [6.07, 6.45) is 7.46. The third kappa shape index (κ3) is 3.90. The van der Waals surface area contributed by atoms with E-state index in [1.54, 1.807) is 17.8 Å². The first kappa shape index (κ1) is 16.8. The van der Waals surface area contributed by atoms with Gasteiger partial charge in [0, 0.05) is 23.4 Å². The Morgan fingerprint density at radius 1 is 1.26 bits per heavy atom. The van der Waals surface area contributed by atoms with Crippen LogP contribution in [0.25, 0.3) is 0 Å². The zero-order valence-corrected chi connectivity index (χ0v) is 14.7. The largest absolute Gasteiger partial charge is 0.339 e. The van der Waals surface area contributed by atoms with Gasteiger partial charge in [-0.05, 0) is 44.6 Å². The average Bonchev–Trinajstić information content (AvgIpc) is 2.59. The van der Waals surface area contributed by atoms with Crippen molar-refractivity contribution < 1.29 is 9.18 Å². The first-order chi connectivity index (χ1) is 11.2. The molecule has 2 fully saturated rings. The zero-order chi connectivity index (χ0) is 16.2. The minimum atomic E-state index is -0.176.